The molecule has 0 aliphatic rings. The first-order chi connectivity index (χ1) is 9.81. The van der Waals surface area contributed by atoms with Crippen molar-refractivity contribution in [3.63, 3.8) is 0 Å². The predicted octanol–water partition coefficient (Wildman–Crippen LogP) is 2.84. The summed E-state index contributed by atoms with van der Waals surface area (Å²) < 4.78 is 39.9. The Morgan fingerprint density at radius 1 is 1.19 bits per heavy atom. The van der Waals surface area contributed by atoms with Gasteiger partial charge in [0, 0.05) is 6.07 Å². The fourth-order valence-electron chi connectivity index (χ4n) is 1.75. The highest BCUT2D eigenvalue weighted by Gasteiger charge is 2.23. The van der Waals surface area contributed by atoms with Crippen LogP contribution in [0.2, 0.25) is 0 Å². The third-order valence-electron chi connectivity index (χ3n) is 2.72. The molecule has 0 aliphatic heterocycles. The summed E-state index contributed by atoms with van der Waals surface area (Å²) in [6.45, 7) is 1.66. The molecule has 0 bridgehead atoms. The molecule has 0 radical (unpaired) electrons. The molecule has 2 aromatic carbocycles. The van der Waals surface area contributed by atoms with Gasteiger partial charge in [-0.3, -0.25) is 14.8 Å². The first-order valence-electron chi connectivity index (χ1n) is 5.83. The molecule has 110 valence electrons. The molecular formula is C13H11FN2O4S. The van der Waals surface area contributed by atoms with Crippen LogP contribution in [0.25, 0.3) is 0 Å². The molecule has 0 saturated carbocycles. The second-order valence-corrected chi connectivity index (χ2v) is 5.96. The average Bonchev–Trinajstić information content (AvgIpc) is 2.38. The van der Waals surface area contributed by atoms with Crippen LogP contribution in [0.3, 0.4) is 0 Å². The van der Waals surface area contributed by atoms with Crippen LogP contribution in [-0.2, 0) is 10.0 Å². The van der Waals surface area contributed by atoms with Gasteiger partial charge in [0.05, 0.1) is 4.92 Å². The maximum Gasteiger partial charge on any atom is 0.293 e. The SMILES string of the molecule is Cc1ccc([N+](=O)[O-])c(NS(=O)(=O)c2ccccc2F)c1. The third-order valence-corrected chi connectivity index (χ3v) is 4.12. The van der Waals surface area contributed by atoms with Gasteiger partial charge < -0.3 is 0 Å². The first kappa shape index (κ1) is 14.9. The number of rotatable bonds is 4. The van der Waals surface area contributed by atoms with Crippen molar-refractivity contribution in [2.45, 2.75) is 11.8 Å². The van der Waals surface area contributed by atoms with Crippen molar-refractivity contribution in [1.82, 2.24) is 0 Å². The van der Waals surface area contributed by atoms with Crippen molar-refractivity contribution < 1.29 is 17.7 Å². The van der Waals surface area contributed by atoms with Gasteiger partial charge in [-0.1, -0.05) is 18.2 Å². The topological polar surface area (TPSA) is 89.3 Å². The Hall–Kier alpha value is -2.48. The van der Waals surface area contributed by atoms with Crippen LogP contribution in [0.1, 0.15) is 5.56 Å². The highest BCUT2D eigenvalue weighted by atomic mass is 32.2. The summed E-state index contributed by atoms with van der Waals surface area (Å²) in [5.41, 5.74) is 0.0237. The van der Waals surface area contributed by atoms with E-state index in [1.807, 2.05) is 0 Å². The van der Waals surface area contributed by atoms with E-state index in [9.17, 15) is 22.9 Å². The molecule has 0 heterocycles. The summed E-state index contributed by atoms with van der Waals surface area (Å²) in [6.07, 6.45) is 0. The first-order valence-corrected chi connectivity index (χ1v) is 7.32. The van der Waals surface area contributed by atoms with Gasteiger partial charge in [0.25, 0.3) is 15.7 Å². The van der Waals surface area contributed by atoms with Gasteiger partial charge in [0.1, 0.15) is 16.4 Å². The van der Waals surface area contributed by atoms with E-state index in [4.69, 9.17) is 0 Å². The lowest BCUT2D eigenvalue weighted by Crippen LogP contribution is -2.15. The molecule has 0 spiro atoms. The average molecular weight is 310 g/mol. The number of benzene rings is 2. The maximum absolute atomic E-state index is 13.6. The lowest BCUT2D eigenvalue weighted by atomic mass is 10.2. The highest BCUT2D eigenvalue weighted by Crippen LogP contribution is 2.28. The van der Waals surface area contributed by atoms with Crippen LogP contribution in [-0.4, -0.2) is 13.3 Å². The van der Waals surface area contributed by atoms with Crippen molar-refractivity contribution >= 4 is 21.4 Å². The molecule has 0 unspecified atom stereocenters. The van der Waals surface area contributed by atoms with E-state index in [1.54, 1.807) is 6.92 Å². The minimum Gasteiger partial charge on any atom is -0.273 e. The van der Waals surface area contributed by atoms with Gasteiger partial charge in [0.15, 0.2) is 0 Å². The van der Waals surface area contributed by atoms with Crippen molar-refractivity contribution in [1.29, 1.82) is 0 Å². The lowest BCUT2D eigenvalue weighted by Gasteiger charge is -2.09. The van der Waals surface area contributed by atoms with E-state index in [-0.39, 0.29) is 5.69 Å². The van der Waals surface area contributed by atoms with Gasteiger partial charge in [0.2, 0.25) is 0 Å². The van der Waals surface area contributed by atoms with Crippen LogP contribution < -0.4 is 4.72 Å². The number of nitrogens with one attached hydrogen (secondary N) is 1. The lowest BCUT2D eigenvalue weighted by molar-refractivity contribution is -0.383. The number of halogens is 1. The van der Waals surface area contributed by atoms with Crippen molar-refractivity contribution in [3.05, 3.63) is 64.0 Å². The Bertz CT molecular complexity index is 806. The number of anilines is 1. The van der Waals surface area contributed by atoms with E-state index < -0.39 is 31.3 Å². The summed E-state index contributed by atoms with van der Waals surface area (Å²) in [5, 5.41) is 10.9. The Morgan fingerprint density at radius 3 is 2.48 bits per heavy atom. The standard InChI is InChI=1S/C13H11FN2O4S/c1-9-6-7-12(16(17)18)11(8-9)15-21(19,20)13-5-3-2-4-10(13)14/h2-8,15H,1H3. The monoisotopic (exact) mass is 310 g/mol. The number of hydrogen-bond acceptors (Lipinski definition) is 4. The van der Waals surface area contributed by atoms with E-state index >= 15 is 0 Å². The van der Waals surface area contributed by atoms with Crippen LogP contribution in [0.15, 0.2) is 47.4 Å². The molecule has 0 atom stereocenters. The van der Waals surface area contributed by atoms with Crippen molar-refractivity contribution in [3.8, 4) is 0 Å². The van der Waals surface area contributed by atoms with E-state index in [2.05, 4.69) is 4.72 Å². The summed E-state index contributed by atoms with van der Waals surface area (Å²) in [4.78, 5) is 9.64. The zero-order valence-electron chi connectivity index (χ0n) is 10.9. The molecule has 0 saturated heterocycles. The summed E-state index contributed by atoms with van der Waals surface area (Å²) in [7, 11) is -4.25. The largest absolute Gasteiger partial charge is 0.293 e. The van der Waals surface area contributed by atoms with Crippen LogP contribution in [0, 0.1) is 22.9 Å². The fourth-order valence-corrected chi connectivity index (χ4v) is 2.90. The van der Waals surface area contributed by atoms with Gasteiger partial charge in [-0.15, -0.1) is 0 Å². The Kier molecular flexibility index (Phi) is 3.90. The Balaban J connectivity index is 2.49. The molecule has 8 heteroatoms. The third kappa shape index (κ3) is 3.16. The zero-order valence-corrected chi connectivity index (χ0v) is 11.7. The molecule has 21 heavy (non-hydrogen) atoms. The molecule has 2 rings (SSSR count). The summed E-state index contributed by atoms with van der Waals surface area (Å²) in [5.74, 6) is -0.930. The predicted molar refractivity (Wildman–Crippen MR) is 75.0 cm³/mol. The van der Waals surface area contributed by atoms with Gasteiger partial charge in [-0.25, -0.2) is 12.8 Å². The molecule has 1 N–H and O–H groups in total. The molecule has 0 fully saturated rings. The van der Waals surface area contributed by atoms with E-state index in [0.717, 1.165) is 12.1 Å². The van der Waals surface area contributed by atoms with Crippen LogP contribution in [0.4, 0.5) is 15.8 Å². The smallest absolute Gasteiger partial charge is 0.273 e. The number of aryl methyl sites for hydroxylation is 1. The van der Waals surface area contributed by atoms with Gasteiger partial charge in [-0.2, -0.15) is 0 Å². The number of hydrogen-bond donors (Lipinski definition) is 1. The van der Waals surface area contributed by atoms with Gasteiger partial charge in [-0.05, 0) is 30.7 Å². The minimum atomic E-state index is -4.25. The van der Waals surface area contributed by atoms with Crippen LogP contribution >= 0.6 is 0 Å². The molecule has 2 aromatic rings. The highest BCUT2D eigenvalue weighted by molar-refractivity contribution is 7.92. The summed E-state index contributed by atoms with van der Waals surface area (Å²) in [6, 6.07) is 8.79. The Labute approximate surface area is 120 Å². The quantitative estimate of drug-likeness (QED) is 0.694. The molecule has 0 aliphatic carbocycles. The number of nitro benzene ring substituents is 1. The minimum absolute atomic E-state index is 0.205. The van der Waals surface area contributed by atoms with Gasteiger partial charge >= 0.3 is 0 Å². The molecular weight excluding hydrogens is 299 g/mol. The number of nitro groups is 1. The summed E-state index contributed by atoms with van der Waals surface area (Å²) >= 11 is 0. The van der Waals surface area contributed by atoms with Crippen LogP contribution in [0.5, 0.6) is 0 Å². The molecule has 0 aromatic heterocycles. The number of sulfonamides is 1. The second kappa shape index (κ2) is 5.49. The van der Waals surface area contributed by atoms with E-state index in [1.165, 1.54) is 30.3 Å². The fraction of sp³-hybridized carbons (Fsp3) is 0.0769. The van der Waals surface area contributed by atoms with Crippen molar-refractivity contribution in [2.24, 2.45) is 0 Å². The Morgan fingerprint density at radius 2 is 1.86 bits per heavy atom. The zero-order chi connectivity index (χ0) is 15.6. The van der Waals surface area contributed by atoms with E-state index in [0.29, 0.717) is 5.56 Å². The number of nitrogens with zero attached hydrogens (tertiary/aromatic N) is 1. The molecule has 6 nitrogen and oxygen atoms in total. The normalized spacial score (nSPS) is 11.1. The molecule has 0 amide bonds. The van der Waals surface area contributed by atoms with Crippen molar-refractivity contribution in [2.75, 3.05) is 4.72 Å². The second-order valence-electron chi connectivity index (χ2n) is 4.31. The maximum atomic E-state index is 13.6.